The summed E-state index contributed by atoms with van der Waals surface area (Å²) in [5, 5.41) is 6.07. The molecule has 0 unspecified atom stereocenters. The van der Waals surface area contributed by atoms with Gasteiger partial charge in [-0.3, -0.25) is 0 Å². The Bertz CT molecular complexity index is 594. The number of sulfonamides is 1. The van der Waals surface area contributed by atoms with Gasteiger partial charge >= 0.3 is 35.8 Å². The number of nitrogens with one attached hydrogen (secondary N) is 1. The maximum Gasteiger partial charge on any atom is 0.460 e. The molecule has 0 amide bonds. The molecule has 25 heavy (non-hydrogen) atoms. The van der Waals surface area contributed by atoms with E-state index in [1.165, 1.54) is 0 Å². The molecule has 0 saturated carbocycles. The van der Waals surface area contributed by atoms with E-state index in [0.717, 1.165) is 0 Å². The third-order valence-corrected chi connectivity index (χ3v) is 3.42. The highest BCUT2D eigenvalue weighted by molar-refractivity contribution is 7.93. The van der Waals surface area contributed by atoms with Gasteiger partial charge in [0, 0.05) is 12.2 Å². The highest BCUT2D eigenvalue weighted by atomic mass is 32.2. The van der Waals surface area contributed by atoms with Gasteiger partial charge in [0.1, 0.15) is 0 Å². The average molecular weight is 426 g/mol. The second-order valence-corrected chi connectivity index (χ2v) is 6.21. The van der Waals surface area contributed by atoms with E-state index in [1.54, 1.807) is 0 Å². The van der Waals surface area contributed by atoms with Gasteiger partial charge in [-0.05, 0) is 0 Å². The minimum absolute atomic E-state index is 2.30. The first-order valence-corrected chi connectivity index (χ1v) is 7.04. The summed E-state index contributed by atoms with van der Waals surface area (Å²) in [6.45, 7) is 0. The van der Waals surface area contributed by atoms with Crippen LogP contribution < -0.4 is 0 Å². The molecule has 0 saturated heterocycles. The molecule has 0 aliphatic carbocycles. The molecular weight excluding hydrogens is 421 g/mol. The van der Waals surface area contributed by atoms with Crippen LogP contribution in [-0.2, 0) is 10.0 Å². The fourth-order valence-corrected chi connectivity index (χ4v) is 1.75. The zero-order valence-corrected chi connectivity index (χ0v) is 11.9. The lowest BCUT2D eigenvalue weighted by Gasteiger charge is -2.39. The Hall–Kier alpha value is -1.00. The van der Waals surface area contributed by atoms with Crippen LogP contribution in [0.15, 0.2) is 0 Å². The van der Waals surface area contributed by atoms with Crippen molar-refractivity contribution in [2.75, 3.05) is 5.75 Å². The van der Waals surface area contributed by atoms with Gasteiger partial charge in [0.05, 0.1) is 10.0 Å². The molecule has 0 radical (unpaired) electrons. The fourth-order valence-electron chi connectivity index (χ4n) is 1.22. The number of rotatable bonds is 7. The van der Waals surface area contributed by atoms with Crippen LogP contribution in [0.3, 0.4) is 0 Å². The smallest absolute Gasteiger partial charge is 0.460 e. The molecule has 1 N–H and O–H groups in total. The van der Waals surface area contributed by atoms with E-state index in [4.69, 9.17) is 5.14 Å². The number of hydrogen-bond donors (Lipinski definition) is 0. The molecule has 0 aromatic heterocycles. The monoisotopic (exact) mass is 426 g/mol. The van der Waals surface area contributed by atoms with E-state index in [1.807, 2.05) is 0 Å². The second-order valence-electron chi connectivity index (χ2n) is 4.57. The highest BCUT2D eigenvalue weighted by Crippen LogP contribution is 2.60. The molecule has 3 nitrogen and oxygen atoms in total. The standard InChI is InChI=1S/C8H5F13NO2S/c9-3(10,1-2-25(22,23)24)4(11,12)5(13,14)6(15,16)7(17,18)8(19,20)21/h1-2H2,(H-,22,23,24)/q-1. The van der Waals surface area contributed by atoms with Crippen LogP contribution in [0.5, 0.6) is 0 Å². The Labute approximate surface area is 130 Å². The maximum absolute atomic E-state index is 13.0. The Morgan fingerprint density at radius 1 is 0.600 bits per heavy atom. The van der Waals surface area contributed by atoms with Gasteiger partial charge in [0.15, 0.2) is 0 Å². The lowest BCUT2D eigenvalue weighted by molar-refractivity contribution is -0.439. The largest absolute Gasteiger partial charge is 0.564 e. The summed E-state index contributed by atoms with van der Waals surface area (Å²) in [4.78, 5) is 0. The molecule has 0 aliphatic rings. The highest BCUT2D eigenvalue weighted by Gasteiger charge is 2.90. The molecule has 0 aromatic rings. The molecule has 17 heteroatoms. The molecule has 0 aliphatic heterocycles. The van der Waals surface area contributed by atoms with Crippen molar-refractivity contribution >= 4 is 10.0 Å². The van der Waals surface area contributed by atoms with E-state index in [2.05, 4.69) is 0 Å². The van der Waals surface area contributed by atoms with Crippen molar-refractivity contribution in [1.82, 2.24) is 0 Å². The predicted octanol–water partition coefficient (Wildman–Crippen LogP) is 4.50. The predicted molar refractivity (Wildman–Crippen MR) is 53.5 cm³/mol. The van der Waals surface area contributed by atoms with Crippen molar-refractivity contribution in [3.8, 4) is 0 Å². The molecule has 0 bridgehead atoms. The SMILES string of the molecule is [NH-]S(=O)(=O)CCC(F)(F)C(F)(F)C(F)(F)C(F)(F)C(F)(F)C(F)(F)F. The number of hydrogen-bond acceptors (Lipinski definition) is 2. The van der Waals surface area contributed by atoms with Crippen LogP contribution in [0.25, 0.3) is 5.14 Å². The summed E-state index contributed by atoms with van der Waals surface area (Å²) in [5.74, 6) is -40.1. The van der Waals surface area contributed by atoms with Gasteiger partial charge < -0.3 is 5.14 Å². The maximum atomic E-state index is 13.0. The summed E-state index contributed by atoms with van der Waals surface area (Å²) >= 11 is 0. The van der Waals surface area contributed by atoms with Gasteiger partial charge in [-0.25, -0.2) is 8.42 Å². The van der Waals surface area contributed by atoms with E-state index in [0.29, 0.717) is 0 Å². The minimum atomic E-state index is -8.02. The molecule has 0 aromatic carbocycles. The van der Waals surface area contributed by atoms with Crippen molar-refractivity contribution in [3.63, 3.8) is 0 Å². The Kier molecular flexibility index (Phi) is 5.78. The van der Waals surface area contributed by atoms with E-state index >= 15 is 0 Å². The Balaban J connectivity index is 6.11. The van der Waals surface area contributed by atoms with Crippen LogP contribution >= 0.6 is 0 Å². The van der Waals surface area contributed by atoms with Gasteiger partial charge in [-0.2, -0.15) is 57.1 Å². The molecule has 0 spiro atoms. The first-order chi connectivity index (χ1) is 10.5. The van der Waals surface area contributed by atoms with Crippen LogP contribution in [-0.4, -0.2) is 50.0 Å². The zero-order valence-electron chi connectivity index (χ0n) is 11.1. The van der Waals surface area contributed by atoms with Crippen LogP contribution in [0.4, 0.5) is 57.1 Å². The number of alkyl halides is 13. The fraction of sp³-hybridized carbons (Fsp3) is 1.00. The quantitative estimate of drug-likeness (QED) is 0.564. The molecular formula is C8H5F13NO2S-. The van der Waals surface area contributed by atoms with Crippen molar-refractivity contribution in [1.29, 1.82) is 0 Å². The summed E-state index contributed by atoms with van der Waals surface area (Å²) in [6, 6.07) is 0. The summed E-state index contributed by atoms with van der Waals surface area (Å²) in [5.41, 5.74) is 0. The van der Waals surface area contributed by atoms with Gasteiger partial charge in [0.25, 0.3) is 0 Å². The number of halogens is 13. The van der Waals surface area contributed by atoms with Gasteiger partial charge in [-0.1, -0.05) is 0 Å². The topological polar surface area (TPSA) is 57.9 Å². The van der Waals surface area contributed by atoms with E-state index in [9.17, 15) is 65.5 Å². The summed E-state index contributed by atoms with van der Waals surface area (Å²) < 4.78 is 184. The third kappa shape index (κ3) is 3.90. The first kappa shape index (κ1) is 24.0. The van der Waals surface area contributed by atoms with Crippen molar-refractivity contribution in [2.24, 2.45) is 0 Å². The van der Waals surface area contributed by atoms with Gasteiger partial charge in [-0.15, -0.1) is 0 Å². The average Bonchev–Trinajstić information content (AvgIpc) is 2.33. The summed E-state index contributed by atoms with van der Waals surface area (Å²) in [6.07, 6.45) is -10.4. The Morgan fingerprint density at radius 2 is 0.920 bits per heavy atom. The lowest BCUT2D eigenvalue weighted by atomic mass is 9.93. The van der Waals surface area contributed by atoms with Crippen molar-refractivity contribution in [2.45, 2.75) is 42.2 Å². The van der Waals surface area contributed by atoms with E-state index < -0.39 is 58.0 Å². The summed E-state index contributed by atoms with van der Waals surface area (Å²) in [7, 11) is -5.27. The molecule has 0 heterocycles. The van der Waals surface area contributed by atoms with E-state index in [-0.39, 0.29) is 0 Å². The normalized spacial score (nSPS) is 16.2. The molecule has 0 fully saturated rings. The zero-order chi connectivity index (χ0) is 20.9. The molecule has 152 valence electrons. The Morgan fingerprint density at radius 3 is 1.20 bits per heavy atom. The third-order valence-electron chi connectivity index (χ3n) is 2.68. The van der Waals surface area contributed by atoms with Crippen molar-refractivity contribution < 1.29 is 65.5 Å². The van der Waals surface area contributed by atoms with Crippen molar-refractivity contribution in [3.05, 3.63) is 5.14 Å². The lowest BCUT2D eigenvalue weighted by Crippen LogP contribution is -2.70. The van der Waals surface area contributed by atoms with Crippen LogP contribution in [0, 0.1) is 0 Å². The first-order valence-electron chi connectivity index (χ1n) is 5.39. The van der Waals surface area contributed by atoms with Gasteiger partial charge in [0.2, 0.25) is 0 Å². The molecule has 0 atom stereocenters. The van der Waals surface area contributed by atoms with Crippen LogP contribution in [0.2, 0.25) is 0 Å². The van der Waals surface area contributed by atoms with Crippen LogP contribution in [0.1, 0.15) is 6.42 Å². The molecule has 0 rings (SSSR count). The minimum Gasteiger partial charge on any atom is -0.564 e. The second kappa shape index (κ2) is 6.02.